The molecule has 0 aliphatic carbocycles. The molecule has 2 unspecified atom stereocenters. The summed E-state index contributed by atoms with van der Waals surface area (Å²) in [5.74, 6) is -2.91. The third kappa shape index (κ3) is 6.94. The third-order valence-corrected chi connectivity index (χ3v) is 6.92. The molecule has 2 aromatic carbocycles. The SMILES string of the molecule is CC1CN(C(=O)c2ccc(S(=O)CC(=O)OCC(F)(F)F)c([N+](=O)[O-])c2)CCN1c1cccc(Cl)c1. The first-order chi connectivity index (χ1) is 16.9. The maximum atomic E-state index is 13.1. The summed E-state index contributed by atoms with van der Waals surface area (Å²) in [6, 6.07) is 10.5. The number of anilines is 1. The van der Waals surface area contributed by atoms with Gasteiger partial charge in [-0.3, -0.25) is 23.9 Å². The lowest BCUT2D eigenvalue weighted by molar-refractivity contribution is -0.387. The highest BCUT2D eigenvalue weighted by Crippen LogP contribution is 2.27. The van der Waals surface area contributed by atoms with Gasteiger partial charge in [0.05, 0.1) is 15.7 Å². The first-order valence-corrected chi connectivity index (χ1v) is 12.3. The van der Waals surface area contributed by atoms with E-state index < -0.39 is 56.7 Å². The highest BCUT2D eigenvalue weighted by atomic mass is 35.5. The second kappa shape index (κ2) is 11.2. The number of nitro benzene ring substituents is 1. The monoisotopic (exact) mass is 547 g/mol. The van der Waals surface area contributed by atoms with Gasteiger partial charge in [-0.15, -0.1) is 0 Å². The minimum atomic E-state index is -4.76. The quantitative estimate of drug-likeness (QED) is 0.294. The van der Waals surface area contributed by atoms with Crippen molar-refractivity contribution in [2.24, 2.45) is 0 Å². The molecule has 194 valence electrons. The molecule has 1 saturated heterocycles. The van der Waals surface area contributed by atoms with Gasteiger partial charge >= 0.3 is 12.1 Å². The Morgan fingerprint density at radius 3 is 2.56 bits per heavy atom. The van der Waals surface area contributed by atoms with Crippen LogP contribution in [-0.4, -0.2) is 70.1 Å². The van der Waals surface area contributed by atoms with E-state index in [1.807, 2.05) is 25.1 Å². The molecule has 0 spiro atoms. The minimum absolute atomic E-state index is 0.0227. The molecular weight excluding hydrogens is 527 g/mol. The lowest BCUT2D eigenvalue weighted by atomic mass is 10.1. The van der Waals surface area contributed by atoms with Crippen LogP contribution in [0, 0.1) is 10.1 Å². The maximum Gasteiger partial charge on any atom is 0.422 e. The van der Waals surface area contributed by atoms with Gasteiger partial charge in [0.2, 0.25) is 0 Å². The Morgan fingerprint density at radius 2 is 1.94 bits per heavy atom. The van der Waals surface area contributed by atoms with Gasteiger partial charge in [0.15, 0.2) is 6.61 Å². The van der Waals surface area contributed by atoms with Crippen LogP contribution in [0.25, 0.3) is 0 Å². The van der Waals surface area contributed by atoms with E-state index in [0.717, 1.165) is 17.8 Å². The van der Waals surface area contributed by atoms with Crippen molar-refractivity contribution in [1.29, 1.82) is 0 Å². The summed E-state index contributed by atoms with van der Waals surface area (Å²) >= 11 is 6.07. The number of alkyl halides is 3. The van der Waals surface area contributed by atoms with E-state index in [1.54, 1.807) is 6.07 Å². The normalized spacial score (nSPS) is 17.0. The van der Waals surface area contributed by atoms with Gasteiger partial charge in [0, 0.05) is 48.0 Å². The molecule has 36 heavy (non-hydrogen) atoms. The molecule has 0 saturated carbocycles. The number of hydrogen-bond donors (Lipinski definition) is 0. The number of piperazine rings is 1. The smallest absolute Gasteiger partial charge is 0.422 e. The summed E-state index contributed by atoms with van der Waals surface area (Å²) in [6.45, 7) is 1.23. The highest BCUT2D eigenvalue weighted by Gasteiger charge is 2.32. The van der Waals surface area contributed by atoms with E-state index in [2.05, 4.69) is 9.64 Å². The fraction of sp³-hybridized carbons (Fsp3) is 0.364. The summed E-state index contributed by atoms with van der Waals surface area (Å²) in [5.41, 5.74) is 0.192. The molecule has 3 rings (SSSR count). The van der Waals surface area contributed by atoms with Crippen LogP contribution in [-0.2, 0) is 20.3 Å². The van der Waals surface area contributed by atoms with E-state index in [1.165, 1.54) is 11.0 Å². The molecule has 0 bridgehead atoms. The summed E-state index contributed by atoms with van der Waals surface area (Å²) in [4.78, 5) is 38.5. The molecule has 1 fully saturated rings. The number of amides is 1. The molecule has 2 atom stereocenters. The van der Waals surface area contributed by atoms with Gasteiger partial charge in [0.1, 0.15) is 10.6 Å². The zero-order chi connectivity index (χ0) is 26.6. The molecule has 1 aliphatic heterocycles. The lowest BCUT2D eigenvalue weighted by Gasteiger charge is -2.41. The Kier molecular flexibility index (Phi) is 8.56. The maximum absolute atomic E-state index is 13.1. The summed E-state index contributed by atoms with van der Waals surface area (Å²) < 4.78 is 53.0. The van der Waals surface area contributed by atoms with E-state index >= 15 is 0 Å². The molecule has 2 aromatic rings. The zero-order valence-corrected chi connectivity index (χ0v) is 20.4. The van der Waals surface area contributed by atoms with Gasteiger partial charge in [-0.1, -0.05) is 17.7 Å². The van der Waals surface area contributed by atoms with Crippen LogP contribution >= 0.6 is 11.6 Å². The van der Waals surface area contributed by atoms with Crippen molar-refractivity contribution < 1.29 is 36.6 Å². The number of nitro groups is 1. The van der Waals surface area contributed by atoms with Crippen molar-refractivity contribution in [3.05, 3.63) is 63.2 Å². The van der Waals surface area contributed by atoms with Crippen LogP contribution in [0.15, 0.2) is 47.4 Å². The number of rotatable bonds is 7. The van der Waals surface area contributed by atoms with Crippen molar-refractivity contribution in [2.75, 3.05) is 36.9 Å². The Balaban J connectivity index is 1.72. The van der Waals surface area contributed by atoms with Crippen LogP contribution in [0.1, 0.15) is 17.3 Å². The number of halogens is 4. The zero-order valence-electron chi connectivity index (χ0n) is 18.9. The predicted octanol–water partition coefficient (Wildman–Crippen LogP) is 3.81. The number of carbonyl (C=O) groups is 2. The van der Waals surface area contributed by atoms with Gasteiger partial charge in [-0.25, -0.2) is 0 Å². The van der Waals surface area contributed by atoms with Crippen LogP contribution in [0.2, 0.25) is 5.02 Å². The molecule has 0 N–H and O–H groups in total. The first kappa shape index (κ1) is 27.4. The van der Waals surface area contributed by atoms with Crippen LogP contribution < -0.4 is 4.90 Å². The van der Waals surface area contributed by atoms with Crippen LogP contribution in [0.4, 0.5) is 24.5 Å². The molecule has 0 aromatic heterocycles. The predicted molar refractivity (Wildman–Crippen MR) is 126 cm³/mol. The summed E-state index contributed by atoms with van der Waals surface area (Å²) in [7, 11) is -2.36. The molecule has 0 radical (unpaired) electrons. The number of ether oxygens (including phenoxy) is 1. The fourth-order valence-corrected chi connectivity index (χ4v) is 4.96. The third-order valence-electron chi connectivity index (χ3n) is 5.35. The average molecular weight is 548 g/mol. The molecule has 1 aliphatic rings. The van der Waals surface area contributed by atoms with E-state index in [9.17, 15) is 37.1 Å². The van der Waals surface area contributed by atoms with E-state index in [-0.39, 0.29) is 11.6 Å². The largest absolute Gasteiger partial charge is 0.455 e. The van der Waals surface area contributed by atoms with Crippen LogP contribution in [0.5, 0.6) is 0 Å². The molecule has 1 amide bonds. The van der Waals surface area contributed by atoms with Crippen LogP contribution in [0.3, 0.4) is 0 Å². The average Bonchev–Trinajstić information content (AvgIpc) is 2.81. The number of benzene rings is 2. The Labute approximate surface area is 211 Å². The topological polar surface area (TPSA) is 110 Å². The number of nitrogens with zero attached hydrogens (tertiary/aromatic N) is 3. The number of hydrogen-bond acceptors (Lipinski definition) is 7. The second-order valence-electron chi connectivity index (χ2n) is 7.98. The van der Waals surface area contributed by atoms with Crippen molar-refractivity contribution >= 4 is 45.7 Å². The summed E-state index contributed by atoms with van der Waals surface area (Å²) in [6.07, 6.45) is -4.76. The minimum Gasteiger partial charge on any atom is -0.455 e. The lowest BCUT2D eigenvalue weighted by Crippen LogP contribution is -2.53. The fourth-order valence-electron chi connectivity index (χ4n) is 3.74. The van der Waals surface area contributed by atoms with Gasteiger partial charge in [-0.2, -0.15) is 13.2 Å². The molecule has 1 heterocycles. The summed E-state index contributed by atoms with van der Waals surface area (Å²) in [5, 5.41) is 12.1. The van der Waals surface area contributed by atoms with Crippen molar-refractivity contribution in [3.8, 4) is 0 Å². The number of carbonyl (C=O) groups excluding carboxylic acids is 2. The molecule has 14 heteroatoms. The van der Waals surface area contributed by atoms with E-state index in [0.29, 0.717) is 24.7 Å². The Bertz CT molecular complexity index is 1200. The van der Waals surface area contributed by atoms with Crippen molar-refractivity contribution in [3.63, 3.8) is 0 Å². The number of esters is 1. The Hall–Kier alpha value is -3.19. The van der Waals surface area contributed by atoms with Crippen molar-refractivity contribution in [2.45, 2.75) is 24.0 Å². The van der Waals surface area contributed by atoms with Crippen molar-refractivity contribution in [1.82, 2.24) is 4.90 Å². The molecule has 9 nitrogen and oxygen atoms in total. The van der Waals surface area contributed by atoms with Gasteiger partial charge in [0.25, 0.3) is 11.6 Å². The standard InChI is InChI=1S/C22H21ClF3N3O6S/c1-14-11-27(7-8-28(14)17-4-2-3-16(23)10-17)21(31)15-5-6-19(18(9-15)29(32)33)36(34)12-20(30)35-13-22(24,25)26/h2-6,9-10,14H,7-8,11-13H2,1H3. The second-order valence-corrected chi connectivity index (χ2v) is 9.83. The van der Waals surface area contributed by atoms with E-state index in [4.69, 9.17) is 11.6 Å². The highest BCUT2D eigenvalue weighted by molar-refractivity contribution is 7.85. The molecular formula is C22H21ClF3N3O6S. The Morgan fingerprint density at radius 1 is 1.22 bits per heavy atom. The van der Waals surface area contributed by atoms with Gasteiger partial charge < -0.3 is 14.5 Å². The first-order valence-electron chi connectivity index (χ1n) is 10.6. The van der Waals surface area contributed by atoms with Gasteiger partial charge in [-0.05, 0) is 37.3 Å².